The average molecular weight is 316 g/mol. The van der Waals surface area contributed by atoms with Crippen molar-refractivity contribution >= 4 is 21.7 Å². The third kappa shape index (κ3) is 3.93. The Kier molecular flexibility index (Phi) is 4.98. The summed E-state index contributed by atoms with van der Waals surface area (Å²) in [5, 5.41) is 21.4. The van der Waals surface area contributed by atoms with E-state index >= 15 is 0 Å². The molecular formula is C13H20N2O5S. The van der Waals surface area contributed by atoms with Crippen LogP contribution in [-0.4, -0.2) is 55.1 Å². The molecule has 0 aliphatic rings. The van der Waals surface area contributed by atoms with Gasteiger partial charge in [-0.1, -0.05) is 0 Å². The van der Waals surface area contributed by atoms with E-state index in [0.717, 1.165) is 10.4 Å². The smallest absolute Gasteiger partial charge is 0.337 e. The van der Waals surface area contributed by atoms with E-state index in [1.165, 1.54) is 26.2 Å². The summed E-state index contributed by atoms with van der Waals surface area (Å²) in [6, 6.07) is 3.82. The van der Waals surface area contributed by atoms with Gasteiger partial charge >= 0.3 is 5.97 Å². The van der Waals surface area contributed by atoms with Crippen LogP contribution in [0.1, 0.15) is 24.2 Å². The summed E-state index contributed by atoms with van der Waals surface area (Å²) in [6.45, 7) is 3.19. The van der Waals surface area contributed by atoms with Gasteiger partial charge in [-0.2, -0.15) is 0 Å². The van der Waals surface area contributed by atoms with E-state index < -0.39 is 21.5 Å². The molecule has 0 radical (unpaired) electrons. The number of rotatable bonds is 6. The van der Waals surface area contributed by atoms with E-state index in [9.17, 15) is 23.4 Å². The number of benzene rings is 1. The first-order valence-corrected chi connectivity index (χ1v) is 7.64. The Labute approximate surface area is 124 Å². The molecule has 0 unspecified atom stereocenters. The number of anilines is 1. The van der Waals surface area contributed by atoms with Gasteiger partial charge in [-0.3, -0.25) is 0 Å². The molecule has 0 saturated carbocycles. The topological polar surface area (TPSA) is 107 Å². The summed E-state index contributed by atoms with van der Waals surface area (Å²) in [6.07, 6.45) is 0. The van der Waals surface area contributed by atoms with Crippen LogP contribution in [0.5, 0.6) is 0 Å². The van der Waals surface area contributed by atoms with Crippen molar-refractivity contribution in [3.63, 3.8) is 0 Å². The second kappa shape index (κ2) is 6.00. The molecule has 0 fully saturated rings. The number of aliphatic hydroxyl groups excluding tert-OH is 1. The standard InChI is InChI=1S/C13H20N2O5S/c1-13(2,8-16)14-11-6-5-9(7-10(11)12(17)18)21(19,20)15(3)4/h5-7,14,16H,8H2,1-4H3,(H,17,18). The van der Waals surface area contributed by atoms with Gasteiger partial charge in [0.15, 0.2) is 0 Å². The van der Waals surface area contributed by atoms with Gasteiger partial charge in [-0.25, -0.2) is 17.5 Å². The molecular weight excluding hydrogens is 296 g/mol. The lowest BCUT2D eigenvalue weighted by Crippen LogP contribution is -2.35. The molecule has 3 N–H and O–H groups in total. The van der Waals surface area contributed by atoms with Gasteiger partial charge in [0, 0.05) is 19.8 Å². The van der Waals surface area contributed by atoms with Crippen LogP contribution in [0.4, 0.5) is 5.69 Å². The van der Waals surface area contributed by atoms with E-state index in [-0.39, 0.29) is 22.8 Å². The van der Waals surface area contributed by atoms with Gasteiger partial charge in [0.05, 0.1) is 22.6 Å². The largest absolute Gasteiger partial charge is 0.478 e. The normalized spacial score (nSPS) is 12.5. The number of aliphatic hydroxyl groups is 1. The molecule has 118 valence electrons. The van der Waals surface area contributed by atoms with Crippen LogP contribution in [-0.2, 0) is 10.0 Å². The molecule has 0 aliphatic carbocycles. The van der Waals surface area contributed by atoms with Crippen LogP contribution in [0.3, 0.4) is 0 Å². The first-order chi connectivity index (χ1) is 9.51. The van der Waals surface area contributed by atoms with Crippen molar-refractivity contribution in [1.82, 2.24) is 4.31 Å². The number of sulfonamides is 1. The first-order valence-electron chi connectivity index (χ1n) is 6.20. The number of hydrogen-bond acceptors (Lipinski definition) is 5. The molecule has 7 nitrogen and oxygen atoms in total. The fraction of sp³-hybridized carbons (Fsp3) is 0.462. The summed E-state index contributed by atoms with van der Waals surface area (Å²) < 4.78 is 25.1. The molecule has 0 bridgehead atoms. The van der Waals surface area contributed by atoms with Gasteiger partial charge in [0.25, 0.3) is 0 Å². The molecule has 0 saturated heterocycles. The third-order valence-electron chi connectivity index (χ3n) is 2.87. The SMILES string of the molecule is CN(C)S(=O)(=O)c1ccc(NC(C)(C)CO)c(C(=O)O)c1. The second-order valence-electron chi connectivity index (χ2n) is 5.47. The Bertz CT molecular complexity index is 638. The van der Waals surface area contributed by atoms with E-state index in [1.807, 2.05) is 0 Å². The van der Waals surface area contributed by atoms with E-state index in [4.69, 9.17) is 0 Å². The third-order valence-corrected chi connectivity index (χ3v) is 4.68. The van der Waals surface area contributed by atoms with E-state index in [0.29, 0.717) is 0 Å². The summed E-state index contributed by atoms with van der Waals surface area (Å²) in [4.78, 5) is 11.2. The van der Waals surface area contributed by atoms with E-state index in [1.54, 1.807) is 13.8 Å². The van der Waals surface area contributed by atoms with Crippen molar-refractivity contribution in [3.8, 4) is 0 Å². The summed E-state index contributed by atoms with van der Waals surface area (Å²) in [5.74, 6) is -1.25. The van der Waals surface area contributed by atoms with Crippen LogP contribution in [0, 0.1) is 0 Å². The number of nitrogens with one attached hydrogen (secondary N) is 1. The molecule has 0 aromatic heterocycles. The highest BCUT2D eigenvalue weighted by molar-refractivity contribution is 7.89. The first kappa shape index (κ1) is 17.4. The maximum atomic E-state index is 12.0. The minimum Gasteiger partial charge on any atom is -0.478 e. The van der Waals surface area contributed by atoms with Crippen LogP contribution in [0.15, 0.2) is 23.1 Å². The predicted molar refractivity (Wildman–Crippen MR) is 79.1 cm³/mol. The maximum Gasteiger partial charge on any atom is 0.337 e. The zero-order valence-corrected chi connectivity index (χ0v) is 13.2. The number of aromatic carboxylic acids is 1. The van der Waals surface area contributed by atoms with Crippen molar-refractivity contribution in [2.45, 2.75) is 24.3 Å². The number of carboxylic acid groups (broad SMARTS) is 1. The van der Waals surface area contributed by atoms with Crippen LogP contribution in [0.25, 0.3) is 0 Å². The van der Waals surface area contributed by atoms with Gasteiger partial charge in [-0.05, 0) is 32.0 Å². The molecule has 1 aromatic rings. The average Bonchev–Trinajstić information content (AvgIpc) is 2.38. The van der Waals surface area contributed by atoms with Gasteiger partial charge in [0.1, 0.15) is 0 Å². The Hall–Kier alpha value is -1.64. The molecule has 0 aliphatic heterocycles. The van der Waals surface area contributed by atoms with Crippen molar-refractivity contribution < 1.29 is 23.4 Å². The highest BCUT2D eigenvalue weighted by atomic mass is 32.2. The molecule has 0 atom stereocenters. The Morgan fingerprint density at radius 2 is 1.90 bits per heavy atom. The minimum absolute atomic E-state index is 0.0998. The van der Waals surface area contributed by atoms with Crippen LogP contribution in [0.2, 0.25) is 0 Å². The fourth-order valence-corrected chi connectivity index (χ4v) is 2.51. The molecule has 0 heterocycles. The lowest BCUT2D eigenvalue weighted by Gasteiger charge is -2.26. The molecule has 21 heavy (non-hydrogen) atoms. The van der Waals surface area contributed by atoms with Gasteiger partial charge in [-0.15, -0.1) is 0 Å². The molecule has 1 aromatic carbocycles. The van der Waals surface area contributed by atoms with E-state index in [2.05, 4.69) is 5.32 Å². The van der Waals surface area contributed by atoms with Gasteiger partial charge < -0.3 is 15.5 Å². The van der Waals surface area contributed by atoms with Crippen molar-refractivity contribution in [2.24, 2.45) is 0 Å². The second-order valence-corrected chi connectivity index (χ2v) is 7.62. The summed E-state index contributed by atoms with van der Waals surface area (Å²) >= 11 is 0. The zero-order valence-electron chi connectivity index (χ0n) is 12.4. The number of hydrogen-bond donors (Lipinski definition) is 3. The summed E-state index contributed by atoms with van der Waals surface area (Å²) in [7, 11) is -0.962. The quantitative estimate of drug-likeness (QED) is 0.717. The Morgan fingerprint density at radius 3 is 2.33 bits per heavy atom. The Balaban J connectivity index is 3.36. The number of nitrogens with zero attached hydrogens (tertiary/aromatic N) is 1. The van der Waals surface area contributed by atoms with Crippen molar-refractivity contribution in [1.29, 1.82) is 0 Å². The Morgan fingerprint density at radius 1 is 1.33 bits per heavy atom. The molecule has 0 amide bonds. The monoisotopic (exact) mass is 316 g/mol. The predicted octanol–water partition coefficient (Wildman–Crippen LogP) is 0.818. The van der Waals surface area contributed by atoms with Crippen molar-refractivity contribution in [2.75, 3.05) is 26.0 Å². The lowest BCUT2D eigenvalue weighted by atomic mass is 10.0. The van der Waals surface area contributed by atoms with Crippen LogP contribution >= 0.6 is 0 Å². The highest BCUT2D eigenvalue weighted by Crippen LogP contribution is 2.24. The van der Waals surface area contributed by atoms with Crippen LogP contribution < -0.4 is 5.32 Å². The minimum atomic E-state index is -3.71. The molecule has 0 spiro atoms. The molecule has 8 heteroatoms. The molecule has 1 rings (SSSR count). The number of carboxylic acids is 1. The lowest BCUT2D eigenvalue weighted by molar-refractivity contribution is 0.0697. The van der Waals surface area contributed by atoms with Crippen molar-refractivity contribution in [3.05, 3.63) is 23.8 Å². The maximum absolute atomic E-state index is 12.0. The zero-order chi connectivity index (χ0) is 16.4. The number of carbonyl (C=O) groups is 1. The highest BCUT2D eigenvalue weighted by Gasteiger charge is 2.23. The summed E-state index contributed by atoms with van der Waals surface area (Å²) in [5.41, 5.74) is -0.648. The fourth-order valence-electron chi connectivity index (χ4n) is 1.58. The van der Waals surface area contributed by atoms with Gasteiger partial charge in [0.2, 0.25) is 10.0 Å².